The fraction of sp³-hybridized carbons (Fsp3) is 0. The average Bonchev–Trinajstić information content (AvgIpc) is 2.50. The molecule has 0 saturated heterocycles. The molecule has 96 valence electrons. The van der Waals surface area contributed by atoms with Gasteiger partial charge in [-0.25, -0.2) is 4.99 Å². The molecule has 4 heteroatoms. The molecule has 0 radical (unpaired) electrons. The van der Waals surface area contributed by atoms with Crippen molar-refractivity contribution in [2.24, 2.45) is 4.99 Å². The molecule has 0 saturated carbocycles. The lowest BCUT2D eigenvalue weighted by atomic mass is 10.1. The lowest BCUT2D eigenvalue weighted by Gasteiger charge is -1.97. The van der Waals surface area contributed by atoms with E-state index < -0.39 is 0 Å². The van der Waals surface area contributed by atoms with Crippen LogP contribution >= 0.6 is 0 Å². The molecule has 1 aromatic rings. The minimum atomic E-state index is 0.0481. The predicted octanol–water partition coefficient (Wildman–Crippen LogP) is 3.15. The van der Waals surface area contributed by atoms with Gasteiger partial charge in [0.2, 0.25) is 0 Å². The van der Waals surface area contributed by atoms with Crippen molar-refractivity contribution in [3.63, 3.8) is 0 Å². The molecule has 0 bridgehead atoms. The molecule has 0 spiro atoms. The summed E-state index contributed by atoms with van der Waals surface area (Å²) in [6.45, 7) is 3.60. The summed E-state index contributed by atoms with van der Waals surface area (Å²) in [4.78, 5) is 4.02. The van der Waals surface area contributed by atoms with Crippen LogP contribution in [0.5, 0.6) is 0 Å². The zero-order chi connectivity index (χ0) is 14.8. The van der Waals surface area contributed by atoms with Gasteiger partial charge in [-0.2, -0.15) is 10.5 Å². The maximum atomic E-state index is 8.69. The average molecular weight is 260 g/mol. The van der Waals surface area contributed by atoms with Crippen molar-refractivity contribution in [2.45, 2.75) is 0 Å². The molecule has 1 aromatic carbocycles. The number of nitriles is 2. The van der Waals surface area contributed by atoms with E-state index in [-0.39, 0.29) is 5.84 Å². The maximum Gasteiger partial charge on any atom is 0.151 e. The van der Waals surface area contributed by atoms with E-state index in [0.717, 1.165) is 5.56 Å². The van der Waals surface area contributed by atoms with Gasteiger partial charge in [-0.15, -0.1) is 0 Å². The first kappa shape index (κ1) is 14.8. The number of hydrogen-bond donors (Lipinski definition) is 1. The second-order valence-corrected chi connectivity index (χ2v) is 3.65. The molecular formula is C16H12N4. The Hall–Kier alpha value is -3.24. The quantitative estimate of drug-likeness (QED) is 0.390. The zero-order valence-corrected chi connectivity index (χ0v) is 10.7. The van der Waals surface area contributed by atoms with Gasteiger partial charge in [0.15, 0.2) is 5.84 Å². The van der Waals surface area contributed by atoms with Gasteiger partial charge in [-0.05, 0) is 17.7 Å². The van der Waals surface area contributed by atoms with E-state index in [0.29, 0.717) is 11.1 Å². The molecule has 0 fully saturated rings. The largest absolute Gasteiger partial charge is 0.282 e. The Morgan fingerprint density at radius 1 is 1.25 bits per heavy atom. The number of nitrogens with one attached hydrogen (secondary N) is 1. The van der Waals surface area contributed by atoms with E-state index in [2.05, 4.69) is 11.6 Å². The summed E-state index contributed by atoms with van der Waals surface area (Å²) < 4.78 is 0. The molecule has 0 amide bonds. The Labute approximate surface area is 117 Å². The van der Waals surface area contributed by atoms with Gasteiger partial charge in [0, 0.05) is 17.9 Å². The van der Waals surface area contributed by atoms with Crippen molar-refractivity contribution in [1.29, 1.82) is 15.9 Å². The first-order chi connectivity index (χ1) is 9.71. The second-order valence-electron chi connectivity index (χ2n) is 3.65. The first-order valence-corrected chi connectivity index (χ1v) is 5.73. The molecule has 0 aromatic heterocycles. The van der Waals surface area contributed by atoms with Crippen LogP contribution in [0.4, 0.5) is 0 Å². The molecule has 0 heterocycles. The highest BCUT2D eigenvalue weighted by molar-refractivity contribution is 6.04. The second kappa shape index (κ2) is 7.97. The van der Waals surface area contributed by atoms with E-state index in [9.17, 15) is 0 Å². The van der Waals surface area contributed by atoms with Crippen molar-refractivity contribution in [2.75, 3.05) is 0 Å². The normalized spacial score (nSPS) is 11.2. The van der Waals surface area contributed by atoms with Crippen molar-refractivity contribution in [1.82, 2.24) is 0 Å². The van der Waals surface area contributed by atoms with Crippen molar-refractivity contribution >= 4 is 12.1 Å². The third-order valence-corrected chi connectivity index (χ3v) is 2.32. The molecule has 0 aliphatic heterocycles. The fourth-order valence-corrected chi connectivity index (χ4v) is 1.30. The highest BCUT2D eigenvalue weighted by atomic mass is 14.8. The van der Waals surface area contributed by atoms with Crippen LogP contribution < -0.4 is 0 Å². The topological polar surface area (TPSA) is 83.8 Å². The van der Waals surface area contributed by atoms with Crippen molar-refractivity contribution < 1.29 is 0 Å². The minimum absolute atomic E-state index is 0.0481. The molecule has 1 rings (SSSR count). The first-order valence-electron chi connectivity index (χ1n) is 5.73. The molecule has 0 atom stereocenters. The molecule has 0 unspecified atom stereocenters. The molecule has 20 heavy (non-hydrogen) atoms. The summed E-state index contributed by atoms with van der Waals surface area (Å²) in [5.41, 5.74) is 1.89. The fourth-order valence-electron chi connectivity index (χ4n) is 1.30. The van der Waals surface area contributed by atoms with Gasteiger partial charge in [0.1, 0.15) is 0 Å². The lowest BCUT2D eigenvalue weighted by molar-refractivity contribution is 1.43. The van der Waals surface area contributed by atoms with Gasteiger partial charge < -0.3 is 0 Å². The molecule has 0 aliphatic rings. The van der Waals surface area contributed by atoms with Gasteiger partial charge in [0.25, 0.3) is 0 Å². The third-order valence-electron chi connectivity index (χ3n) is 2.32. The summed E-state index contributed by atoms with van der Waals surface area (Å²) in [7, 11) is 0. The number of amidine groups is 1. The Morgan fingerprint density at radius 3 is 2.50 bits per heavy atom. The van der Waals surface area contributed by atoms with Crippen LogP contribution in [0.1, 0.15) is 11.1 Å². The van der Waals surface area contributed by atoms with E-state index in [1.54, 1.807) is 30.3 Å². The molecular weight excluding hydrogens is 248 g/mol. The van der Waals surface area contributed by atoms with E-state index in [4.69, 9.17) is 15.9 Å². The van der Waals surface area contributed by atoms with Gasteiger partial charge in [-0.1, -0.05) is 36.9 Å². The van der Waals surface area contributed by atoms with Crippen LogP contribution in [-0.2, 0) is 0 Å². The number of aliphatic imine (C=N–C) groups is 1. The summed E-state index contributed by atoms with van der Waals surface area (Å²) in [5.74, 6) is 0.0481. The summed E-state index contributed by atoms with van der Waals surface area (Å²) in [6, 6.07) is 10.8. The minimum Gasteiger partial charge on any atom is -0.282 e. The maximum absolute atomic E-state index is 8.69. The lowest BCUT2D eigenvalue weighted by Crippen LogP contribution is -1.96. The van der Waals surface area contributed by atoms with Crippen LogP contribution in [0.2, 0.25) is 0 Å². The molecule has 4 nitrogen and oxygen atoms in total. The van der Waals surface area contributed by atoms with Crippen LogP contribution in [0.3, 0.4) is 0 Å². The van der Waals surface area contributed by atoms with Crippen LogP contribution in [-0.4, -0.2) is 12.1 Å². The van der Waals surface area contributed by atoms with Crippen LogP contribution in [0.15, 0.2) is 65.7 Å². The van der Waals surface area contributed by atoms with Crippen molar-refractivity contribution in [3.8, 4) is 12.1 Å². The van der Waals surface area contributed by atoms with Crippen molar-refractivity contribution in [3.05, 3.63) is 71.8 Å². The Bertz CT molecular complexity index is 662. The third kappa shape index (κ3) is 4.56. The number of benzene rings is 1. The predicted molar refractivity (Wildman–Crippen MR) is 79.5 cm³/mol. The summed E-state index contributed by atoms with van der Waals surface area (Å²) in [6.07, 6.45) is 7.47. The van der Waals surface area contributed by atoms with Crippen LogP contribution in [0, 0.1) is 28.1 Å². The molecule has 0 aliphatic carbocycles. The SMILES string of the molecule is C=C/C(=C\C=C\C#N)C(=N)N=Cc1ccc(C#N)cc1. The highest BCUT2D eigenvalue weighted by Crippen LogP contribution is 2.03. The Morgan fingerprint density at radius 2 is 1.95 bits per heavy atom. The number of rotatable bonds is 4. The number of hydrogen-bond acceptors (Lipinski definition) is 3. The van der Waals surface area contributed by atoms with Gasteiger partial charge >= 0.3 is 0 Å². The summed E-state index contributed by atoms with van der Waals surface area (Å²) >= 11 is 0. The van der Waals surface area contributed by atoms with E-state index in [1.807, 2.05) is 12.1 Å². The summed E-state index contributed by atoms with van der Waals surface area (Å²) in [5, 5.41) is 24.9. The standard InChI is InChI=1S/C16H12N4/c1-2-15(5-3-4-10-17)16(19)20-12-14-8-6-13(11-18)7-9-14/h2-9,12,19H,1H2/b4-3+,15-5+,19-16?,20-12?. The Balaban J connectivity index is 2.83. The molecule has 1 N–H and O–H groups in total. The Kier molecular flexibility index (Phi) is 5.90. The van der Waals surface area contributed by atoms with Gasteiger partial charge in [-0.3, -0.25) is 5.41 Å². The van der Waals surface area contributed by atoms with Gasteiger partial charge in [0.05, 0.1) is 17.7 Å². The van der Waals surface area contributed by atoms with Crippen LogP contribution in [0.25, 0.3) is 0 Å². The number of allylic oxidation sites excluding steroid dienone is 3. The number of nitrogens with zero attached hydrogens (tertiary/aromatic N) is 3. The highest BCUT2D eigenvalue weighted by Gasteiger charge is 1.97. The van der Waals surface area contributed by atoms with E-state index in [1.165, 1.54) is 24.4 Å². The smallest absolute Gasteiger partial charge is 0.151 e. The monoisotopic (exact) mass is 260 g/mol. The zero-order valence-electron chi connectivity index (χ0n) is 10.7. The van der Waals surface area contributed by atoms with E-state index >= 15 is 0 Å².